The summed E-state index contributed by atoms with van der Waals surface area (Å²) in [4.78, 5) is 36.8. The molecule has 0 radical (unpaired) electrons. The molecule has 0 aromatic carbocycles. The van der Waals surface area contributed by atoms with E-state index in [1.807, 2.05) is 21.1 Å². The highest BCUT2D eigenvalue weighted by atomic mass is 16.7. The molecule has 362 valence electrons. The zero-order chi connectivity index (χ0) is 46.3. The van der Waals surface area contributed by atoms with Crippen LogP contribution < -0.4 is 5.11 Å². The van der Waals surface area contributed by atoms with E-state index >= 15 is 0 Å². The number of likely N-dealkylation sites (N-methyl/N-ethyl adjacent to an activating group) is 1. The van der Waals surface area contributed by atoms with Crippen molar-refractivity contribution in [2.45, 2.75) is 206 Å². The van der Waals surface area contributed by atoms with Gasteiger partial charge in [0.25, 0.3) is 0 Å². The Balaban J connectivity index is 4.11. The number of aliphatic carboxylic acids is 1. The summed E-state index contributed by atoms with van der Waals surface area (Å²) in [6.45, 7) is 4.56. The molecule has 9 nitrogen and oxygen atoms in total. The number of ether oxygens (including phenoxy) is 4. The highest BCUT2D eigenvalue weighted by Crippen LogP contribution is 2.15. The van der Waals surface area contributed by atoms with E-state index in [1.54, 1.807) is 0 Å². The number of hydrogen-bond acceptors (Lipinski definition) is 8. The van der Waals surface area contributed by atoms with Crippen LogP contribution in [0.2, 0.25) is 0 Å². The zero-order valence-corrected chi connectivity index (χ0v) is 40.9. The van der Waals surface area contributed by atoms with E-state index < -0.39 is 24.3 Å². The van der Waals surface area contributed by atoms with Crippen LogP contribution in [-0.4, -0.2) is 82.3 Å². The van der Waals surface area contributed by atoms with Crippen LogP contribution in [0.25, 0.3) is 0 Å². The highest BCUT2D eigenvalue weighted by Gasteiger charge is 2.21. The van der Waals surface area contributed by atoms with Gasteiger partial charge in [-0.25, -0.2) is 0 Å². The van der Waals surface area contributed by atoms with Crippen LogP contribution in [0.3, 0.4) is 0 Å². The molecule has 2 atom stereocenters. The lowest BCUT2D eigenvalue weighted by atomic mass is 10.0. The van der Waals surface area contributed by atoms with Gasteiger partial charge in [0.1, 0.15) is 13.2 Å². The van der Waals surface area contributed by atoms with Gasteiger partial charge in [-0.15, -0.1) is 0 Å². The maximum atomic E-state index is 12.7. The molecule has 0 rings (SSSR count). The molecule has 0 heterocycles. The Labute approximate surface area is 386 Å². The van der Waals surface area contributed by atoms with Crippen molar-refractivity contribution in [1.82, 2.24) is 0 Å². The normalized spacial score (nSPS) is 13.5. The second kappa shape index (κ2) is 45.3. The molecule has 0 aliphatic rings. The summed E-state index contributed by atoms with van der Waals surface area (Å²) in [6.07, 6.45) is 54.0. The van der Waals surface area contributed by atoms with E-state index in [2.05, 4.69) is 86.8 Å². The molecular weight excluding hydrogens is 791 g/mol. The second-order valence-electron chi connectivity index (χ2n) is 17.7. The number of carbonyl (C=O) groups excluding carboxylic acids is 3. The number of allylic oxidation sites excluding steroid dienone is 12. The maximum Gasteiger partial charge on any atom is 0.306 e. The molecule has 0 aromatic heterocycles. The number of rotatable bonds is 45. The molecule has 0 spiro atoms. The third-order valence-corrected chi connectivity index (χ3v) is 10.5. The van der Waals surface area contributed by atoms with Crippen molar-refractivity contribution < 1.29 is 42.9 Å². The lowest BCUT2D eigenvalue weighted by Gasteiger charge is -2.26. The van der Waals surface area contributed by atoms with Gasteiger partial charge in [0, 0.05) is 12.8 Å². The van der Waals surface area contributed by atoms with Gasteiger partial charge in [-0.2, -0.15) is 0 Å². The van der Waals surface area contributed by atoms with E-state index in [0.717, 1.165) is 77.0 Å². The number of esters is 2. The van der Waals surface area contributed by atoms with Crippen LogP contribution in [0.4, 0.5) is 0 Å². The van der Waals surface area contributed by atoms with Gasteiger partial charge in [-0.05, 0) is 64.2 Å². The van der Waals surface area contributed by atoms with Gasteiger partial charge in [0.05, 0.1) is 40.3 Å². The van der Waals surface area contributed by atoms with Crippen molar-refractivity contribution in [3.05, 3.63) is 72.9 Å². The molecule has 0 saturated carbocycles. The smallest absolute Gasteiger partial charge is 0.306 e. The van der Waals surface area contributed by atoms with Crippen LogP contribution in [0, 0.1) is 0 Å². The molecule has 0 aliphatic heterocycles. The first-order chi connectivity index (χ1) is 30.6. The Kier molecular flexibility index (Phi) is 43.0. The maximum absolute atomic E-state index is 12.7. The van der Waals surface area contributed by atoms with Crippen molar-refractivity contribution in [2.75, 3.05) is 47.5 Å². The van der Waals surface area contributed by atoms with Crippen LogP contribution in [0.1, 0.15) is 194 Å². The number of hydrogen-bond donors (Lipinski definition) is 0. The molecule has 0 fully saturated rings. The first-order valence-corrected chi connectivity index (χ1v) is 25.1. The van der Waals surface area contributed by atoms with Crippen molar-refractivity contribution in [1.29, 1.82) is 0 Å². The predicted octanol–water partition coefficient (Wildman–Crippen LogP) is 12.6. The average molecular weight is 884 g/mol. The molecule has 0 aliphatic carbocycles. The van der Waals surface area contributed by atoms with Crippen molar-refractivity contribution in [3.8, 4) is 0 Å². The van der Waals surface area contributed by atoms with Gasteiger partial charge in [-0.3, -0.25) is 9.59 Å². The monoisotopic (exact) mass is 884 g/mol. The molecule has 0 N–H and O–H groups in total. The third kappa shape index (κ3) is 46.5. The van der Waals surface area contributed by atoms with E-state index in [-0.39, 0.29) is 38.6 Å². The predicted molar refractivity (Wildman–Crippen MR) is 260 cm³/mol. The van der Waals surface area contributed by atoms with Crippen LogP contribution >= 0.6 is 0 Å². The molecule has 2 unspecified atom stereocenters. The van der Waals surface area contributed by atoms with Gasteiger partial charge in [0.15, 0.2) is 12.4 Å². The Morgan fingerprint density at radius 2 is 0.905 bits per heavy atom. The molecule has 9 heteroatoms. The first-order valence-electron chi connectivity index (χ1n) is 25.1. The molecule has 63 heavy (non-hydrogen) atoms. The summed E-state index contributed by atoms with van der Waals surface area (Å²) in [6, 6.07) is 0. The number of nitrogens with zero attached hydrogens (tertiary/aromatic N) is 1. The number of carbonyl (C=O) groups is 3. The Morgan fingerprint density at radius 3 is 1.35 bits per heavy atom. The zero-order valence-electron chi connectivity index (χ0n) is 40.9. The average Bonchev–Trinajstić information content (AvgIpc) is 3.24. The van der Waals surface area contributed by atoms with Crippen LogP contribution in [-0.2, 0) is 33.3 Å². The van der Waals surface area contributed by atoms with Gasteiger partial charge in [0.2, 0.25) is 0 Å². The molecule has 0 amide bonds. The van der Waals surface area contributed by atoms with Gasteiger partial charge < -0.3 is 33.3 Å². The SMILES string of the molecule is CC/C=C\C/C=C\C/C=C\C/C=C\C/C=C\C/C=C\CCCCCCCCCCCCCCC(=O)OC(COC(=O)CCCCCCCCC)COC(OCC[N+](C)(C)C)C(=O)[O-]. The summed E-state index contributed by atoms with van der Waals surface area (Å²) in [5.41, 5.74) is 0. The number of carboxylic acid groups (broad SMARTS) is 1. The van der Waals surface area contributed by atoms with Gasteiger partial charge >= 0.3 is 11.9 Å². The van der Waals surface area contributed by atoms with E-state index in [4.69, 9.17) is 18.9 Å². The molecule has 0 saturated heterocycles. The molecular formula is C54H93NO8. The minimum Gasteiger partial charge on any atom is -0.545 e. The van der Waals surface area contributed by atoms with Crippen molar-refractivity contribution in [2.24, 2.45) is 0 Å². The van der Waals surface area contributed by atoms with Gasteiger partial charge in [-0.1, -0.05) is 189 Å². The first kappa shape index (κ1) is 59.7. The summed E-state index contributed by atoms with van der Waals surface area (Å²) in [5, 5.41) is 11.7. The van der Waals surface area contributed by atoms with Crippen molar-refractivity contribution >= 4 is 17.9 Å². The summed E-state index contributed by atoms with van der Waals surface area (Å²) < 4.78 is 22.5. The topological polar surface area (TPSA) is 111 Å². The lowest BCUT2D eigenvalue weighted by molar-refractivity contribution is -0.870. The summed E-state index contributed by atoms with van der Waals surface area (Å²) in [7, 11) is 5.90. The summed E-state index contributed by atoms with van der Waals surface area (Å²) in [5.74, 6) is -2.30. The quantitative estimate of drug-likeness (QED) is 0.0195. The fourth-order valence-electron chi connectivity index (χ4n) is 6.60. The molecule has 0 bridgehead atoms. The minimum atomic E-state index is -1.62. The second-order valence-corrected chi connectivity index (χ2v) is 17.7. The Hall–Kier alpha value is -3.27. The Morgan fingerprint density at radius 1 is 0.492 bits per heavy atom. The number of unbranched alkanes of at least 4 members (excludes halogenated alkanes) is 18. The fraction of sp³-hybridized carbons (Fsp3) is 0.722. The van der Waals surface area contributed by atoms with E-state index in [9.17, 15) is 19.5 Å². The number of quaternary nitrogens is 1. The van der Waals surface area contributed by atoms with Crippen LogP contribution in [0.5, 0.6) is 0 Å². The standard InChI is InChI=1S/C54H93NO8/c1-6-8-10-12-14-15-16-17-18-19-20-21-22-23-24-25-26-27-28-29-30-31-32-33-34-35-36-37-39-41-43-45-52(57)63-50(48-61-51(56)44-42-40-38-13-11-9-7-2)49-62-54(53(58)59)60-47-46-55(3,4)5/h8,10,14-15,17-18,20-21,23-24,26-27,50,54H,6-7,9,11-13,16,19,22,25,28-49H2,1-5H3/b10-8-,15-14-,18-17-,21-20-,24-23-,27-26-. The summed E-state index contributed by atoms with van der Waals surface area (Å²) >= 11 is 0. The van der Waals surface area contributed by atoms with Crippen LogP contribution in [0.15, 0.2) is 72.9 Å². The highest BCUT2D eigenvalue weighted by molar-refractivity contribution is 5.70. The lowest BCUT2D eigenvalue weighted by Crippen LogP contribution is -2.44. The van der Waals surface area contributed by atoms with E-state index in [0.29, 0.717) is 17.4 Å². The van der Waals surface area contributed by atoms with E-state index in [1.165, 1.54) is 83.5 Å². The third-order valence-electron chi connectivity index (χ3n) is 10.5. The molecule has 0 aromatic rings. The minimum absolute atomic E-state index is 0.146. The van der Waals surface area contributed by atoms with Crippen molar-refractivity contribution in [3.63, 3.8) is 0 Å². The number of carboxylic acids is 1. The Bertz CT molecular complexity index is 1260. The largest absolute Gasteiger partial charge is 0.545 e. The fourth-order valence-corrected chi connectivity index (χ4v) is 6.60.